The monoisotopic (exact) mass is 612 g/mol. The summed E-state index contributed by atoms with van der Waals surface area (Å²) >= 11 is 0. The number of para-hydroxylation sites is 1. The molecule has 44 heavy (non-hydrogen) atoms. The summed E-state index contributed by atoms with van der Waals surface area (Å²) in [6.07, 6.45) is 4.39. The number of amides is 2. The highest BCUT2D eigenvalue weighted by atomic mass is 19.1. The second-order valence-electron chi connectivity index (χ2n) is 10.4. The summed E-state index contributed by atoms with van der Waals surface area (Å²) in [5.41, 5.74) is -1.24. The van der Waals surface area contributed by atoms with Gasteiger partial charge in [-0.25, -0.2) is 9.18 Å². The van der Waals surface area contributed by atoms with Crippen molar-refractivity contribution < 1.29 is 42.5 Å². The molecule has 0 bridgehead atoms. The van der Waals surface area contributed by atoms with Gasteiger partial charge in [-0.15, -0.1) is 0 Å². The summed E-state index contributed by atoms with van der Waals surface area (Å²) in [5.74, 6) is -1.29. The zero-order valence-corrected chi connectivity index (χ0v) is 25.1. The van der Waals surface area contributed by atoms with Crippen LogP contribution in [0.4, 0.5) is 4.39 Å². The second-order valence-corrected chi connectivity index (χ2v) is 10.4. The highest BCUT2D eigenvalue weighted by molar-refractivity contribution is 5.89. The van der Waals surface area contributed by atoms with Crippen LogP contribution in [0.5, 0.6) is 5.75 Å². The van der Waals surface area contributed by atoms with Crippen LogP contribution < -0.4 is 10.1 Å². The third-order valence-electron chi connectivity index (χ3n) is 6.76. The summed E-state index contributed by atoms with van der Waals surface area (Å²) in [5, 5.41) is 2.56. The smallest absolute Gasteiger partial charge is 0.329 e. The summed E-state index contributed by atoms with van der Waals surface area (Å²) < 4.78 is 37.3. The van der Waals surface area contributed by atoms with Gasteiger partial charge in [0.15, 0.2) is 5.67 Å². The van der Waals surface area contributed by atoms with Crippen LogP contribution in [0.15, 0.2) is 72.8 Å². The van der Waals surface area contributed by atoms with Crippen molar-refractivity contribution in [1.82, 2.24) is 10.2 Å². The van der Waals surface area contributed by atoms with Gasteiger partial charge in [-0.3, -0.25) is 14.4 Å². The van der Waals surface area contributed by atoms with Crippen LogP contribution >= 0.6 is 0 Å². The van der Waals surface area contributed by atoms with E-state index in [1.807, 2.05) is 36.4 Å². The van der Waals surface area contributed by atoms with Crippen molar-refractivity contribution in [3.8, 4) is 5.75 Å². The predicted octanol–water partition coefficient (Wildman–Crippen LogP) is 3.93. The first-order valence-electron chi connectivity index (χ1n) is 14.8. The maximum absolute atomic E-state index is 15.9. The molecule has 0 saturated carbocycles. The summed E-state index contributed by atoms with van der Waals surface area (Å²) in [6.45, 7) is 1.34. The highest BCUT2D eigenvalue weighted by Gasteiger charge is 2.50. The number of hydrogen-bond donors (Lipinski definition) is 1. The van der Waals surface area contributed by atoms with Crippen LogP contribution in [0.1, 0.15) is 44.6 Å². The quantitative estimate of drug-likeness (QED) is 0.153. The van der Waals surface area contributed by atoms with Gasteiger partial charge < -0.3 is 29.2 Å². The lowest BCUT2D eigenvalue weighted by Gasteiger charge is -2.23. The highest BCUT2D eigenvalue weighted by Crippen LogP contribution is 2.32. The maximum Gasteiger partial charge on any atom is 0.329 e. The van der Waals surface area contributed by atoms with Crippen LogP contribution in [-0.2, 0) is 40.0 Å². The molecule has 0 radical (unpaired) electrons. The minimum Gasteiger partial charge on any atom is -0.494 e. The molecule has 2 aromatic carbocycles. The molecule has 1 aliphatic rings. The van der Waals surface area contributed by atoms with Gasteiger partial charge >= 0.3 is 11.9 Å². The van der Waals surface area contributed by atoms with Crippen molar-refractivity contribution in [3.05, 3.63) is 78.4 Å². The van der Waals surface area contributed by atoms with Gasteiger partial charge in [0, 0.05) is 19.3 Å². The summed E-state index contributed by atoms with van der Waals surface area (Å²) in [4.78, 5) is 51.0. The van der Waals surface area contributed by atoms with Crippen molar-refractivity contribution in [2.24, 2.45) is 0 Å². The van der Waals surface area contributed by atoms with Crippen LogP contribution in [-0.4, -0.2) is 79.9 Å². The number of benzene rings is 2. The van der Waals surface area contributed by atoms with E-state index >= 15 is 4.39 Å². The maximum atomic E-state index is 15.9. The number of rotatable bonds is 18. The Morgan fingerprint density at radius 1 is 1.00 bits per heavy atom. The molecule has 2 aromatic rings. The largest absolute Gasteiger partial charge is 0.494 e. The van der Waals surface area contributed by atoms with Crippen molar-refractivity contribution in [2.45, 2.75) is 57.3 Å². The number of halogens is 1. The fourth-order valence-electron chi connectivity index (χ4n) is 4.57. The Hall–Kier alpha value is -4.25. The van der Waals surface area contributed by atoms with Gasteiger partial charge in [0.1, 0.15) is 18.4 Å². The second kappa shape index (κ2) is 18.4. The standard InChI is InChI=1S/C33H41FN2O8/c1-2-42-31(39)18-10-5-11-19-41-25-33(34)21-28(32(40)44-23-26-13-6-3-7-14-26)36(24-33)30(38)22-35-29(37)17-12-20-43-27-15-8-4-9-16-27/h3-9,11,13-16,28H,2,10,12,17-25H2,1H3,(H,35,37)/b11-5+/t28-,33+/m0/s1. The first kappa shape index (κ1) is 34.2. The van der Waals surface area contributed by atoms with Gasteiger partial charge in [-0.05, 0) is 37.5 Å². The number of esters is 2. The molecule has 2 amide bonds. The van der Waals surface area contributed by atoms with E-state index in [9.17, 15) is 19.2 Å². The Morgan fingerprint density at radius 2 is 1.73 bits per heavy atom. The minimum atomic E-state index is -2.00. The third-order valence-corrected chi connectivity index (χ3v) is 6.76. The summed E-state index contributed by atoms with van der Waals surface area (Å²) in [6, 6.07) is 17.1. The molecular formula is C33H41FN2O8. The first-order chi connectivity index (χ1) is 21.3. The molecule has 238 valence electrons. The minimum absolute atomic E-state index is 0.0215. The number of carbonyl (C=O) groups excluding carboxylic acids is 4. The molecule has 1 N–H and O–H groups in total. The Morgan fingerprint density at radius 3 is 2.45 bits per heavy atom. The fraction of sp³-hybridized carbons (Fsp3) is 0.455. The van der Waals surface area contributed by atoms with E-state index < -0.39 is 23.6 Å². The molecule has 0 unspecified atom stereocenters. The molecule has 3 rings (SSSR count). The fourth-order valence-corrected chi connectivity index (χ4v) is 4.57. The van der Waals surface area contributed by atoms with E-state index in [-0.39, 0.29) is 64.0 Å². The van der Waals surface area contributed by atoms with Gasteiger partial charge in [0.25, 0.3) is 0 Å². The zero-order valence-electron chi connectivity index (χ0n) is 25.1. The summed E-state index contributed by atoms with van der Waals surface area (Å²) in [7, 11) is 0. The van der Waals surface area contributed by atoms with Crippen LogP contribution in [0.2, 0.25) is 0 Å². The molecule has 1 aliphatic heterocycles. The zero-order chi connectivity index (χ0) is 31.6. The molecule has 0 spiro atoms. The normalized spacial score (nSPS) is 17.8. The number of ether oxygens (including phenoxy) is 4. The molecular weight excluding hydrogens is 571 g/mol. The average Bonchev–Trinajstić information content (AvgIpc) is 3.39. The number of likely N-dealkylation sites (tertiary alicyclic amines) is 1. The number of nitrogens with zero attached hydrogens (tertiary/aromatic N) is 1. The van der Waals surface area contributed by atoms with Crippen molar-refractivity contribution in [2.75, 3.05) is 39.5 Å². The van der Waals surface area contributed by atoms with E-state index in [1.54, 1.807) is 43.3 Å². The van der Waals surface area contributed by atoms with Gasteiger partial charge in [-0.1, -0.05) is 60.7 Å². The first-order valence-corrected chi connectivity index (χ1v) is 14.8. The predicted molar refractivity (Wildman–Crippen MR) is 160 cm³/mol. The van der Waals surface area contributed by atoms with E-state index in [0.29, 0.717) is 31.8 Å². The lowest BCUT2D eigenvalue weighted by molar-refractivity contribution is -0.154. The van der Waals surface area contributed by atoms with Crippen LogP contribution in [0.25, 0.3) is 0 Å². The number of carbonyl (C=O) groups is 4. The molecule has 0 aromatic heterocycles. The number of allylic oxidation sites excluding steroid dienone is 1. The average molecular weight is 613 g/mol. The van der Waals surface area contributed by atoms with Gasteiger partial charge in [0.2, 0.25) is 11.8 Å². The van der Waals surface area contributed by atoms with Crippen molar-refractivity contribution in [1.29, 1.82) is 0 Å². The molecule has 11 heteroatoms. The number of nitrogens with one attached hydrogen (secondary N) is 1. The Balaban J connectivity index is 1.50. The molecule has 10 nitrogen and oxygen atoms in total. The molecule has 0 aliphatic carbocycles. The lowest BCUT2D eigenvalue weighted by atomic mass is 10.0. The Kier molecular flexibility index (Phi) is 14.3. The van der Waals surface area contributed by atoms with Gasteiger partial charge in [0.05, 0.1) is 39.5 Å². The SMILES string of the molecule is CCOC(=O)CC/C=C/COC[C@@]1(F)C[C@@H](C(=O)OCc2ccccc2)N(C(=O)CNC(=O)CCCOc2ccccc2)C1. The lowest BCUT2D eigenvalue weighted by Crippen LogP contribution is -2.46. The van der Waals surface area contributed by atoms with E-state index in [2.05, 4.69) is 5.32 Å². The molecule has 2 atom stereocenters. The van der Waals surface area contributed by atoms with Crippen LogP contribution in [0.3, 0.4) is 0 Å². The van der Waals surface area contributed by atoms with Crippen LogP contribution in [0, 0.1) is 0 Å². The molecule has 1 heterocycles. The van der Waals surface area contributed by atoms with E-state index in [4.69, 9.17) is 18.9 Å². The van der Waals surface area contributed by atoms with Crippen molar-refractivity contribution >= 4 is 23.8 Å². The van der Waals surface area contributed by atoms with Crippen molar-refractivity contribution in [3.63, 3.8) is 0 Å². The Bertz CT molecular complexity index is 1230. The molecule has 1 saturated heterocycles. The number of alkyl halides is 1. The number of hydrogen-bond acceptors (Lipinski definition) is 8. The third kappa shape index (κ3) is 12.2. The topological polar surface area (TPSA) is 120 Å². The van der Waals surface area contributed by atoms with Gasteiger partial charge in [-0.2, -0.15) is 0 Å². The van der Waals surface area contributed by atoms with E-state index in [0.717, 1.165) is 10.5 Å². The molecule has 1 fully saturated rings. The van der Waals surface area contributed by atoms with E-state index in [1.165, 1.54) is 0 Å². The Labute approximate surface area is 257 Å².